The van der Waals surface area contributed by atoms with Crippen molar-refractivity contribution in [3.8, 4) is 0 Å². The Balaban J connectivity index is 2.42. The summed E-state index contributed by atoms with van der Waals surface area (Å²) in [6.07, 6.45) is 0. The van der Waals surface area contributed by atoms with E-state index in [-0.39, 0.29) is 37.8 Å². The lowest BCUT2D eigenvalue weighted by Crippen LogP contribution is -2.06. The van der Waals surface area contributed by atoms with Crippen molar-refractivity contribution in [2.75, 3.05) is 5.73 Å². The highest BCUT2D eigenvalue weighted by Crippen LogP contribution is 2.37. The molecule has 0 unspecified atom stereocenters. The highest BCUT2D eigenvalue weighted by atomic mass is 32.2. The molecule has 3 rings (SSSR count). The van der Waals surface area contributed by atoms with Gasteiger partial charge in [0.2, 0.25) is 15.6 Å². The van der Waals surface area contributed by atoms with Crippen LogP contribution in [0.25, 0.3) is 11.0 Å². The second-order valence-electron chi connectivity index (χ2n) is 5.03. The van der Waals surface area contributed by atoms with E-state index in [0.29, 0.717) is 0 Å². The van der Waals surface area contributed by atoms with Gasteiger partial charge in [0, 0.05) is 10.9 Å². The number of furan rings is 1. The van der Waals surface area contributed by atoms with Gasteiger partial charge in [-0.3, -0.25) is 0 Å². The van der Waals surface area contributed by atoms with Gasteiger partial charge in [-0.15, -0.1) is 0 Å². The van der Waals surface area contributed by atoms with Crippen LogP contribution in [-0.4, -0.2) is 19.5 Å². The van der Waals surface area contributed by atoms with Crippen LogP contribution in [0.4, 0.5) is 5.69 Å². The van der Waals surface area contributed by atoms with Crippen LogP contribution in [0.15, 0.2) is 56.7 Å². The van der Waals surface area contributed by atoms with E-state index in [2.05, 4.69) is 0 Å². The number of carbonyl (C=O) groups is 1. The van der Waals surface area contributed by atoms with Crippen LogP contribution in [0.2, 0.25) is 0 Å². The summed E-state index contributed by atoms with van der Waals surface area (Å²) in [4.78, 5) is 11.2. The molecule has 0 radical (unpaired) electrons. The molecule has 0 spiro atoms. The number of carboxylic acids is 1. The zero-order valence-corrected chi connectivity index (χ0v) is 12.9. The van der Waals surface area contributed by atoms with Crippen molar-refractivity contribution >= 4 is 32.5 Å². The number of rotatable bonds is 3. The Morgan fingerprint density at radius 3 is 2.39 bits per heavy atom. The van der Waals surface area contributed by atoms with Gasteiger partial charge < -0.3 is 15.3 Å². The number of aryl methyl sites for hydroxylation is 1. The highest BCUT2D eigenvalue weighted by Gasteiger charge is 2.28. The molecule has 3 N–H and O–H groups in total. The first-order valence-electron chi connectivity index (χ1n) is 6.69. The lowest BCUT2D eigenvalue weighted by Gasteiger charge is -2.09. The summed E-state index contributed by atoms with van der Waals surface area (Å²) in [7, 11) is -3.91. The van der Waals surface area contributed by atoms with Gasteiger partial charge in [-0.2, -0.15) is 0 Å². The lowest BCUT2D eigenvalue weighted by atomic mass is 10.1. The van der Waals surface area contributed by atoms with E-state index in [9.17, 15) is 18.3 Å². The monoisotopic (exact) mass is 331 g/mol. The van der Waals surface area contributed by atoms with Gasteiger partial charge in [0.1, 0.15) is 10.5 Å². The van der Waals surface area contributed by atoms with Crippen LogP contribution in [0.1, 0.15) is 16.1 Å². The molecule has 3 aromatic rings. The topological polar surface area (TPSA) is 111 Å². The SMILES string of the molecule is Cc1c(C(=O)O)oc2ccc(N)c(S(=O)(=O)c3ccccc3)c12. The third kappa shape index (κ3) is 2.25. The van der Waals surface area contributed by atoms with Gasteiger partial charge in [0.15, 0.2) is 0 Å². The second-order valence-corrected chi connectivity index (χ2v) is 6.92. The molecular weight excluding hydrogens is 318 g/mol. The first kappa shape index (κ1) is 15.1. The third-order valence-electron chi connectivity index (χ3n) is 3.59. The van der Waals surface area contributed by atoms with E-state index in [1.54, 1.807) is 18.2 Å². The molecule has 0 fully saturated rings. The first-order valence-corrected chi connectivity index (χ1v) is 8.17. The fraction of sp³-hybridized carbons (Fsp3) is 0.0625. The van der Waals surface area contributed by atoms with Crippen LogP contribution < -0.4 is 5.73 Å². The minimum Gasteiger partial charge on any atom is -0.475 e. The number of hydrogen-bond acceptors (Lipinski definition) is 5. The molecule has 1 heterocycles. The van der Waals surface area contributed by atoms with E-state index >= 15 is 0 Å². The standard InChI is InChI=1S/C16H13NO5S/c1-9-13-12(22-14(9)16(18)19)8-7-11(17)15(13)23(20,21)10-5-3-2-4-6-10/h2-8H,17H2,1H3,(H,18,19). The number of hydrogen-bond donors (Lipinski definition) is 2. The van der Waals surface area contributed by atoms with Crippen LogP contribution >= 0.6 is 0 Å². The summed E-state index contributed by atoms with van der Waals surface area (Å²) in [6, 6.07) is 10.7. The lowest BCUT2D eigenvalue weighted by molar-refractivity contribution is 0.0664. The van der Waals surface area contributed by atoms with Gasteiger partial charge in [0.05, 0.1) is 10.6 Å². The fourth-order valence-electron chi connectivity index (χ4n) is 2.53. The van der Waals surface area contributed by atoms with E-state index in [1.165, 1.54) is 31.2 Å². The minimum atomic E-state index is -3.91. The fourth-order valence-corrected chi connectivity index (χ4v) is 4.18. The van der Waals surface area contributed by atoms with Crippen molar-refractivity contribution in [1.29, 1.82) is 0 Å². The molecule has 23 heavy (non-hydrogen) atoms. The quantitative estimate of drug-likeness (QED) is 0.714. The molecule has 0 aliphatic heterocycles. The summed E-state index contributed by atoms with van der Waals surface area (Å²) in [5.74, 6) is -1.56. The van der Waals surface area contributed by atoms with Crippen LogP contribution in [0, 0.1) is 6.92 Å². The predicted molar refractivity (Wildman–Crippen MR) is 84.2 cm³/mol. The molecule has 0 saturated heterocycles. The maximum atomic E-state index is 12.9. The number of benzene rings is 2. The predicted octanol–water partition coefficient (Wildman–Crippen LogP) is 2.85. The normalized spacial score (nSPS) is 11.7. The first-order chi connectivity index (χ1) is 10.8. The van der Waals surface area contributed by atoms with E-state index in [0.717, 1.165) is 0 Å². The van der Waals surface area contributed by atoms with Crippen molar-refractivity contribution in [3.63, 3.8) is 0 Å². The Kier molecular flexibility index (Phi) is 3.37. The van der Waals surface area contributed by atoms with Crippen molar-refractivity contribution in [3.05, 3.63) is 53.8 Å². The number of carboxylic acid groups (broad SMARTS) is 1. The van der Waals surface area contributed by atoms with Crippen molar-refractivity contribution < 1.29 is 22.7 Å². The Bertz CT molecular complexity index is 1020. The number of nitrogen functional groups attached to an aromatic ring is 1. The Hall–Kier alpha value is -2.80. The van der Waals surface area contributed by atoms with Gasteiger partial charge in [-0.25, -0.2) is 13.2 Å². The number of anilines is 1. The Labute approximate surface area is 132 Å². The molecule has 6 nitrogen and oxygen atoms in total. The zero-order valence-electron chi connectivity index (χ0n) is 12.1. The Morgan fingerprint density at radius 2 is 1.78 bits per heavy atom. The van der Waals surface area contributed by atoms with Gasteiger partial charge in [-0.05, 0) is 31.2 Å². The van der Waals surface area contributed by atoms with E-state index < -0.39 is 15.8 Å². The molecule has 0 amide bonds. The minimum absolute atomic E-state index is 0.0437. The van der Waals surface area contributed by atoms with Crippen LogP contribution in [-0.2, 0) is 9.84 Å². The average molecular weight is 331 g/mol. The van der Waals surface area contributed by atoms with Gasteiger partial charge in [0.25, 0.3) is 0 Å². The molecule has 0 bridgehead atoms. The molecule has 0 saturated carbocycles. The number of nitrogens with two attached hydrogens (primary N) is 1. The zero-order chi connectivity index (χ0) is 16.8. The van der Waals surface area contributed by atoms with E-state index in [4.69, 9.17) is 10.2 Å². The summed E-state index contributed by atoms with van der Waals surface area (Å²) in [5.41, 5.74) is 6.34. The van der Waals surface area contributed by atoms with E-state index in [1.807, 2.05) is 0 Å². The molecule has 0 aliphatic carbocycles. The highest BCUT2D eigenvalue weighted by molar-refractivity contribution is 7.92. The van der Waals surface area contributed by atoms with Crippen molar-refractivity contribution in [1.82, 2.24) is 0 Å². The summed E-state index contributed by atoms with van der Waals surface area (Å²) >= 11 is 0. The Morgan fingerprint density at radius 1 is 1.13 bits per heavy atom. The summed E-state index contributed by atoms with van der Waals surface area (Å²) in [5, 5.41) is 9.37. The summed E-state index contributed by atoms with van der Waals surface area (Å²) in [6.45, 7) is 1.50. The van der Waals surface area contributed by atoms with Crippen molar-refractivity contribution in [2.24, 2.45) is 0 Å². The molecule has 0 aliphatic rings. The smallest absolute Gasteiger partial charge is 0.372 e. The van der Waals surface area contributed by atoms with Gasteiger partial charge in [-0.1, -0.05) is 18.2 Å². The molecular formula is C16H13NO5S. The maximum Gasteiger partial charge on any atom is 0.372 e. The molecule has 118 valence electrons. The third-order valence-corrected chi connectivity index (χ3v) is 5.46. The largest absolute Gasteiger partial charge is 0.475 e. The summed E-state index contributed by atoms with van der Waals surface area (Å²) < 4.78 is 31.1. The van der Waals surface area contributed by atoms with Crippen molar-refractivity contribution in [2.45, 2.75) is 16.7 Å². The van der Waals surface area contributed by atoms with Gasteiger partial charge >= 0.3 is 5.97 Å². The van der Waals surface area contributed by atoms with Crippen LogP contribution in [0.3, 0.4) is 0 Å². The average Bonchev–Trinajstić information content (AvgIpc) is 2.85. The second kappa shape index (κ2) is 5.13. The number of aromatic carboxylic acids is 1. The number of fused-ring (bicyclic) bond motifs is 1. The molecule has 0 atom stereocenters. The molecule has 1 aromatic heterocycles. The molecule has 7 heteroatoms. The maximum absolute atomic E-state index is 12.9. The number of sulfone groups is 1. The van der Waals surface area contributed by atoms with Crippen LogP contribution in [0.5, 0.6) is 0 Å². The molecule has 2 aromatic carbocycles.